The predicted octanol–water partition coefficient (Wildman–Crippen LogP) is 1.07. The molecule has 0 amide bonds. The maximum atomic E-state index is 5.19. The molecule has 0 spiro atoms. The summed E-state index contributed by atoms with van der Waals surface area (Å²) in [6.07, 6.45) is 1.80. The monoisotopic (exact) mass is 256 g/mol. The van der Waals surface area contributed by atoms with E-state index < -0.39 is 0 Å². The quantitative estimate of drug-likeness (QED) is 0.589. The first-order valence-electron chi connectivity index (χ1n) is 5.74. The smallest absolute Gasteiger partial charge is 0.166 e. The van der Waals surface area contributed by atoms with Crippen LogP contribution in [0.1, 0.15) is 25.6 Å². The molecule has 0 fully saturated rings. The van der Waals surface area contributed by atoms with Gasteiger partial charge < -0.3 is 15.4 Å². The lowest BCUT2D eigenvalue weighted by Gasteiger charge is -2.17. The van der Waals surface area contributed by atoms with Crippen molar-refractivity contribution in [1.82, 2.24) is 20.4 Å². The highest BCUT2D eigenvalue weighted by atomic mass is 32.1. The van der Waals surface area contributed by atoms with Crippen LogP contribution in [0.3, 0.4) is 0 Å². The van der Waals surface area contributed by atoms with E-state index in [9.17, 15) is 0 Å². The van der Waals surface area contributed by atoms with Gasteiger partial charge in [-0.15, -0.1) is 0 Å². The highest BCUT2D eigenvalue weighted by Gasteiger charge is 2.10. The van der Waals surface area contributed by atoms with E-state index in [1.54, 1.807) is 13.3 Å². The lowest BCUT2D eigenvalue weighted by Crippen LogP contribution is -2.38. The van der Waals surface area contributed by atoms with Crippen LogP contribution in [0, 0.1) is 0 Å². The van der Waals surface area contributed by atoms with E-state index in [4.69, 9.17) is 17.0 Å². The molecule has 1 aromatic rings. The van der Waals surface area contributed by atoms with Crippen molar-refractivity contribution in [3.8, 4) is 0 Å². The van der Waals surface area contributed by atoms with E-state index in [2.05, 4.69) is 29.6 Å². The first kappa shape index (κ1) is 13.9. The van der Waals surface area contributed by atoms with Crippen molar-refractivity contribution in [2.75, 3.05) is 20.3 Å². The van der Waals surface area contributed by atoms with Gasteiger partial charge in [0.25, 0.3) is 0 Å². The van der Waals surface area contributed by atoms with Crippen LogP contribution in [-0.2, 0) is 11.3 Å². The third kappa shape index (κ3) is 4.32. The molecule has 0 bridgehead atoms. The zero-order valence-electron chi connectivity index (χ0n) is 10.6. The van der Waals surface area contributed by atoms with Crippen LogP contribution >= 0.6 is 12.2 Å². The minimum absolute atomic E-state index is 0.139. The highest BCUT2D eigenvalue weighted by Crippen LogP contribution is 2.10. The molecular formula is C11H20N4OS. The number of aryl methyl sites for hydroxylation is 1. The van der Waals surface area contributed by atoms with Gasteiger partial charge in [-0.1, -0.05) is 0 Å². The van der Waals surface area contributed by atoms with Gasteiger partial charge in [0.1, 0.15) is 0 Å². The van der Waals surface area contributed by atoms with Gasteiger partial charge in [-0.25, -0.2) is 0 Å². The van der Waals surface area contributed by atoms with Gasteiger partial charge >= 0.3 is 0 Å². The molecule has 0 aliphatic heterocycles. The molecule has 1 heterocycles. The van der Waals surface area contributed by atoms with Crippen molar-refractivity contribution in [2.24, 2.45) is 0 Å². The summed E-state index contributed by atoms with van der Waals surface area (Å²) in [5, 5.41) is 11.2. The Bertz CT molecular complexity index is 353. The van der Waals surface area contributed by atoms with Gasteiger partial charge in [-0.2, -0.15) is 5.10 Å². The molecule has 0 radical (unpaired) electrons. The topological polar surface area (TPSA) is 51.1 Å². The average Bonchev–Trinajstić information content (AvgIpc) is 2.77. The molecule has 1 atom stereocenters. The van der Waals surface area contributed by atoms with Gasteiger partial charge in [0.05, 0.1) is 18.3 Å². The summed E-state index contributed by atoms with van der Waals surface area (Å²) in [5.41, 5.74) is 1.13. The Hall–Kier alpha value is -1.14. The summed E-state index contributed by atoms with van der Waals surface area (Å²) < 4.78 is 6.90. The van der Waals surface area contributed by atoms with Crippen molar-refractivity contribution in [1.29, 1.82) is 0 Å². The summed E-state index contributed by atoms with van der Waals surface area (Å²) >= 11 is 5.19. The predicted molar refractivity (Wildman–Crippen MR) is 71.9 cm³/mol. The van der Waals surface area contributed by atoms with E-state index in [0.29, 0.717) is 18.3 Å². The molecule has 0 aromatic carbocycles. The third-order valence-corrected chi connectivity index (χ3v) is 2.69. The number of methoxy groups -OCH3 is 1. The fourth-order valence-electron chi connectivity index (χ4n) is 1.56. The van der Waals surface area contributed by atoms with E-state index in [1.165, 1.54) is 0 Å². The number of nitrogens with one attached hydrogen (secondary N) is 2. The minimum Gasteiger partial charge on any atom is -0.383 e. The van der Waals surface area contributed by atoms with Crippen LogP contribution in [-0.4, -0.2) is 35.2 Å². The van der Waals surface area contributed by atoms with Crippen LogP contribution in [0.15, 0.2) is 12.3 Å². The van der Waals surface area contributed by atoms with Crippen LogP contribution in [0.5, 0.6) is 0 Å². The molecule has 0 saturated carbocycles. The number of nitrogens with zero attached hydrogens (tertiary/aromatic N) is 2. The summed E-state index contributed by atoms with van der Waals surface area (Å²) in [6, 6.07) is 2.14. The first-order chi connectivity index (χ1) is 8.19. The van der Waals surface area contributed by atoms with Crippen LogP contribution in [0.2, 0.25) is 0 Å². The Balaban J connectivity index is 2.43. The summed E-state index contributed by atoms with van der Waals surface area (Å²) in [6.45, 7) is 6.34. The molecule has 96 valence electrons. The molecular weight excluding hydrogens is 236 g/mol. The fourth-order valence-corrected chi connectivity index (χ4v) is 1.84. The lowest BCUT2D eigenvalue weighted by molar-refractivity contribution is 0.204. The Morgan fingerprint density at radius 1 is 1.65 bits per heavy atom. The van der Waals surface area contributed by atoms with Gasteiger partial charge in [-0.05, 0) is 32.1 Å². The van der Waals surface area contributed by atoms with Crippen molar-refractivity contribution in [3.05, 3.63) is 18.0 Å². The number of rotatable bonds is 6. The van der Waals surface area contributed by atoms with Gasteiger partial charge in [0, 0.05) is 26.4 Å². The summed E-state index contributed by atoms with van der Waals surface area (Å²) in [4.78, 5) is 0. The number of ether oxygens (including phenoxy) is 1. The van der Waals surface area contributed by atoms with Crippen molar-refractivity contribution in [2.45, 2.75) is 26.4 Å². The van der Waals surface area contributed by atoms with E-state index >= 15 is 0 Å². The fraction of sp³-hybridized carbons (Fsp3) is 0.636. The third-order valence-electron chi connectivity index (χ3n) is 2.43. The van der Waals surface area contributed by atoms with Crippen LogP contribution < -0.4 is 10.6 Å². The van der Waals surface area contributed by atoms with Crippen molar-refractivity contribution >= 4 is 17.3 Å². The second-order valence-corrected chi connectivity index (χ2v) is 4.09. The Morgan fingerprint density at radius 3 is 3.06 bits per heavy atom. The molecule has 1 rings (SSSR count). The summed E-state index contributed by atoms with van der Waals surface area (Å²) in [7, 11) is 1.67. The van der Waals surface area contributed by atoms with Gasteiger partial charge in [0.15, 0.2) is 5.11 Å². The second-order valence-electron chi connectivity index (χ2n) is 3.69. The number of aromatic nitrogens is 2. The lowest BCUT2D eigenvalue weighted by atomic mass is 10.2. The average molecular weight is 256 g/mol. The van der Waals surface area contributed by atoms with Crippen molar-refractivity contribution < 1.29 is 4.74 Å². The zero-order valence-corrected chi connectivity index (χ0v) is 11.4. The second kappa shape index (κ2) is 7.24. The van der Waals surface area contributed by atoms with Gasteiger partial charge in [0.2, 0.25) is 0 Å². The molecule has 17 heavy (non-hydrogen) atoms. The molecule has 6 heteroatoms. The number of hydrogen-bond donors (Lipinski definition) is 2. The highest BCUT2D eigenvalue weighted by molar-refractivity contribution is 7.80. The molecule has 0 aliphatic rings. The summed E-state index contributed by atoms with van der Waals surface area (Å²) in [5.74, 6) is 0. The van der Waals surface area contributed by atoms with Crippen LogP contribution in [0.25, 0.3) is 0 Å². The van der Waals surface area contributed by atoms with E-state index in [1.807, 2.05) is 10.7 Å². The SMILES string of the molecule is CCn1nccc1C(C)NC(=S)NCCOC. The normalized spacial score (nSPS) is 12.2. The Kier molecular flexibility index (Phi) is 5.93. The molecule has 0 saturated heterocycles. The molecule has 1 aromatic heterocycles. The zero-order chi connectivity index (χ0) is 12.7. The molecule has 5 nitrogen and oxygen atoms in total. The van der Waals surface area contributed by atoms with Crippen LogP contribution in [0.4, 0.5) is 0 Å². The minimum atomic E-state index is 0.139. The maximum Gasteiger partial charge on any atom is 0.166 e. The maximum absolute atomic E-state index is 5.19. The molecule has 0 aliphatic carbocycles. The Labute approximate surface area is 108 Å². The molecule has 2 N–H and O–H groups in total. The number of thiocarbonyl (C=S) groups is 1. The van der Waals surface area contributed by atoms with Gasteiger partial charge in [-0.3, -0.25) is 4.68 Å². The largest absolute Gasteiger partial charge is 0.383 e. The van der Waals surface area contributed by atoms with E-state index in [-0.39, 0.29) is 6.04 Å². The molecule has 1 unspecified atom stereocenters. The standard InChI is InChI=1S/C11H20N4OS/c1-4-15-10(5-6-13-15)9(2)14-11(17)12-7-8-16-3/h5-6,9H,4,7-8H2,1-3H3,(H2,12,14,17). The number of hydrogen-bond acceptors (Lipinski definition) is 3. The van der Waals surface area contributed by atoms with E-state index in [0.717, 1.165) is 12.2 Å². The Morgan fingerprint density at radius 2 is 2.41 bits per heavy atom. The van der Waals surface area contributed by atoms with Crippen molar-refractivity contribution in [3.63, 3.8) is 0 Å². The first-order valence-corrected chi connectivity index (χ1v) is 6.14.